The molecule has 2 aliphatic rings. The van der Waals surface area contributed by atoms with Crippen LogP contribution in [0.1, 0.15) is 12.8 Å². The van der Waals surface area contributed by atoms with Gasteiger partial charge in [0.15, 0.2) is 14.9 Å². The fourth-order valence-electron chi connectivity index (χ4n) is 1.50. The molecule has 2 aliphatic heterocycles. The van der Waals surface area contributed by atoms with E-state index in [9.17, 15) is 13.2 Å². The maximum atomic E-state index is 11.3. The first-order valence-electron chi connectivity index (χ1n) is 3.71. The molecule has 0 aromatic carbocycles. The molecule has 1 fully saturated rings. The lowest BCUT2D eigenvalue weighted by atomic mass is 10.1. The molecule has 6 heteroatoms. The summed E-state index contributed by atoms with van der Waals surface area (Å²) in [5, 5.41) is 3.56. The maximum absolute atomic E-state index is 11.3. The second-order valence-corrected chi connectivity index (χ2v) is 5.00. The van der Waals surface area contributed by atoms with Gasteiger partial charge in [0.2, 0.25) is 5.91 Å². The van der Waals surface area contributed by atoms with E-state index in [1.165, 1.54) is 0 Å². The first-order chi connectivity index (χ1) is 5.61. The SMILES string of the molecule is O=C1NN=C2C1CCCS2(=O)=O. The molecule has 0 bridgehead atoms. The van der Waals surface area contributed by atoms with Crippen molar-refractivity contribution in [2.45, 2.75) is 12.8 Å². The monoisotopic (exact) mass is 188 g/mol. The van der Waals surface area contributed by atoms with Gasteiger partial charge in [-0.05, 0) is 12.8 Å². The molecule has 1 saturated heterocycles. The van der Waals surface area contributed by atoms with Gasteiger partial charge in [0.1, 0.15) is 0 Å². The largest absolute Gasteiger partial charge is 0.272 e. The summed E-state index contributed by atoms with van der Waals surface area (Å²) in [4.78, 5) is 11.0. The summed E-state index contributed by atoms with van der Waals surface area (Å²) in [5.41, 5.74) is 2.19. The van der Waals surface area contributed by atoms with Crippen LogP contribution in [0.4, 0.5) is 0 Å². The van der Waals surface area contributed by atoms with Crippen LogP contribution in [0.2, 0.25) is 0 Å². The van der Waals surface area contributed by atoms with E-state index < -0.39 is 15.8 Å². The Hall–Kier alpha value is -0.910. The molecule has 0 radical (unpaired) electrons. The highest BCUT2D eigenvalue weighted by molar-refractivity contribution is 8.06. The van der Waals surface area contributed by atoms with Crippen LogP contribution in [-0.2, 0) is 14.6 Å². The van der Waals surface area contributed by atoms with Crippen molar-refractivity contribution >= 4 is 20.8 Å². The Kier molecular flexibility index (Phi) is 1.47. The lowest BCUT2D eigenvalue weighted by molar-refractivity contribution is -0.122. The quantitative estimate of drug-likeness (QED) is 0.543. The predicted octanol–water partition coefficient (Wildman–Crippen LogP) is -0.745. The fourth-order valence-corrected chi connectivity index (χ4v) is 3.10. The van der Waals surface area contributed by atoms with Crippen LogP contribution < -0.4 is 5.43 Å². The van der Waals surface area contributed by atoms with Crippen molar-refractivity contribution in [3.05, 3.63) is 0 Å². The Morgan fingerprint density at radius 3 is 2.92 bits per heavy atom. The van der Waals surface area contributed by atoms with Gasteiger partial charge < -0.3 is 0 Å². The number of fused-ring (bicyclic) bond motifs is 1. The highest BCUT2D eigenvalue weighted by atomic mass is 32.2. The highest BCUT2D eigenvalue weighted by Gasteiger charge is 2.41. The van der Waals surface area contributed by atoms with Gasteiger partial charge in [-0.3, -0.25) is 4.79 Å². The maximum Gasteiger partial charge on any atom is 0.250 e. The molecular formula is C6H8N2O3S. The van der Waals surface area contributed by atoms with Crippen molar-refractivity contribution in [3.8, 4) is 0 Å². The Morgan fingerprint density at radius 2 is 2.25 bits per heavy atom. The topological polar surface area (TPSA) is 75.6 Å². The zero-order valence-corrected chi connectivity index (χ0v) is 7.10. The Bertz CT molecular complexity index is 357. The molecule has 1 unspecified atom stereocenters. The molecule has 5 nitrogen and oxygen atoms in total. The molecule has 0 spiro atoms. The molecule has 2 rings (SSSR count). The van der Waals surface area contributed by atoms with Crippen molar-refractivity contribution in [2.75, 3.05) is 5.75 Å². The zero-order valence-electron chi connectivity index (χ0n) is 6.28. The number of rotatable bonds is 0. The first kappa shape index (κ1) is 7.72. The van der Waals surface area contributed by atoms with E-state index in [1.54, 1.807) is 0 Å². The summed E-state index contributed by atoms with van der Waals surface area (Å²) in [6.45, 7) is 0. The number of hydrogen-bond donors (Lipinski definition) is 1. The van der Waals surface area contributed by atoms with Crippen molar-refractivity contribution in [3.63, 3.8) is 0 Å². The lowest BCUT2D eigenvalue weighted by Gasteiger charge is -2.15. The van der Waals surface area contributed by atoms with Crippen molar-refractivity contribution in [1.82, 2.24) is 5.43 Å². The Labute approximate surface area is 69.8 Å². The van der Waals surface area contributed by atoms with E-state index in [0.717, 1.165) is 0 Å². The average molecular weight is 188 g/mol. The van der Waals surface area contributed by atoms with Crippen LogP contribution in [0, 0.1) is 5.92 Å². The normalized spacial score (nSPS) is 32.2. The fraction of sp³-hybridized carbons (Fsp3) is 0.667. The van der Waals surface area contributed by atoms with E-state index in [1.807, 2.05) is 0 Å². The van der Waals surface area contributed by atoms with Crippen LogP contribution in [0.5, 0.6) is 0 Å². The molecule has 0 aromatic rings. The summed E-state index contributed by atoms with van der Waals surface area (Å²) in [5.74, 6) is -0.672. The number of hydrazone groups is 1. The van der Waals surface area contributed by atoms with E-state index in [4.69, 9.17) is 0 Å². The van der Waals surface area contributed by atoms with E-state index in [2.05, 4.69) is 10.5 Å². The molecular weight excluding hydrogens is 180 g/mol. The predicted molar refractivity (Wildman–Crippen MR) is 42.1 cm³/mol. The van der Waals surface area contributed by atoms with Gasteiger partial charge in [-0.2, -0.15) is 5.10 Å². The smallest absolute Gasteiger partial charge is 0.250 e. The van der Waals surface area contributed by atoms with Gasteiger partial charge in [-0.1, -0.05) is 0 Å². The first-order valence-corrected chi connectivity index (χ1v) is 5.37. The summed E-state index contributed by atoms with van der Waals surface area (Å²) < 4.78 is 22.6. The molecule has 2 heterocycles. The van der Waals surface area contributed by atoms with Crippen molar-refractivity contribution < 1.29 is 13.2 Å². The third-order valence-electron chi connectivity index (χ3n) is 2.12. The summed E-state index contributed by atoms with van der Waals surface area (Å²) in [6, 6.07) is 0. The van der Waals surface area contributed by atoms with Crippen molar-refractivity contribution in [1.29, 1.82) is 0 Å². The second-order valence-electron chi connectivity index (χ2n) is 2.94. The summed E-state index contributed by atoms with van der Waals surface area (Å²) in [7, 11) is -3.23. The van der Waals surface area contributed by atoms with Crippen LogP contribution >= 0.6 is 0 Å². The number of nitrogens with one attached hydrogen (secondary N) is 1. The highest BCUT2D eigenvalue weighted by Crippen LogP contribution is 2.24. The molecule has 1 N–H and O–H groups in total. The van der Waals surface area contributed by atoms with Crippen LogP contribution in [-0.4, -0.2) is 25.1 Å². The van der Waals surface area contributed by atoms with Crippen LogP contribution in [0.15, 0.2) is 5.10 Å². The van der Waals surface area contributed by atoms with Gasteiger partial charge in [0.25, 0.3) is 0 Å². The van der Waals surface area contributed by atoms with Crippen molar-refractivity contribution in [2.24, 2.45) is 11.0 Å². The second kappa shape index (κ2) is 2.29. The third-order valence-corrected chi connectivity index (χ3v) is 3.95. The molecule has 0 aliphatic carbocycles. The number of sulfone groups is 1. The molecule has 1 amide bonds. The average Bonchev–Trinajstić information content (AvgIpc) is 2.33. The summed E-state index contributed by atoms with van der Waals surface area (Å²) in [6.07, 6.45) is 1.16. The molecule has 0 saturated carbocycles. The van der Waals surface area contributed by atoms with Gasteiger partial charge in [0.05, 0.1) is 11.7 Å². The van der Waals surface area contributed by atoms with Gasteiger partial charge in [-0.25, -0.2) is 13.8 Å². The van der Waals surface area contributed by atoms with E-state index in [-0.39, 0.29) is 16.7 Å². The molecule has 66 valence electrons. The van der Waals surface area contributed by atoms with E-state index >= 15 is 0 Å². The van der Waals surface area contributed by atoms with E-state index in [0.29, 0.717) is 12.8 Å². The summed E-state index contributed by atoms with van der Waals surface area (Å²) >= 11 is 0. The standard InChI is InChI=1S/C6H8N2O3S/c9-5-4-2-1-3-12(10,11)6(4)8-7-5/h4H,1-3H2,(H,7,9). The minimum atomic E-state index is -3.23. The number of hydrogen-bond acceptors (Lipinski definition) is 4. The Balaban J connectivity index is 2.44. The van der Waals surface area contributed by atoms with Gasteiger partial charge in [0, 0.05) is 0 Å². The number of nitrogens with zero attached hydrogens (tertiary/aromatic N) is 1. The van der Waals surface area contributed by atoms with Crippen LogP contribution in [0.3, 0.4) is 0 Å². The zero-order chi connectivity index (χ0) is 8.77. The minimum Gasteiger partial charge on any atom is -0.272 e. The van der Waals surface area contributed by atoms with Gasteiger partial charge >= 0.3 is 0 Å². The molecule has 0 aromatic heterocycles. The molecule has 1 atom stereocenters. The van der Waals surface area contributed by atoms with Crippen LogP contribution in [0.25, 0.3) is 0 Å². The molecule has 12 heavy (non-hydrogen) atoms. The Morgan fingerprint density at radius 1 is 1.50 bits per heavy atom. The number of carbonyl (C=O) groups is 1. The minimum absolute atomic E-state index is 0.0405. The number of carbonyl (C=O) groups excluding carboxylic acids is 1. The number of amides is 1. The lowest BCUT2D eigenvalue weighted by Crippen LogP contribution is -2.33. The third kappa shape index (κ3) is 0.945. The van der Waals surface area contributed by atoms with Gasteiger partial charge in [-0.15, -0.1) is 0 Å².